The van der Waals surface area contributed by atoms with Gasteiger partial charge in [-0.2, -0.15) is 13.2 Å². The van der Waals surface area contributed by atoms with E-state index in [9.17, 15) is 13.2 Å². The first-order valence-electron chi connectivity index (χ1n) is 6.38. The summed E-state index contributed by atoms with van der Waals surface area (Å²) in [5, 5.41) is 0. The maximum Gasteiger partial charge on any atom is 0.416 e. The van der Waals surface area contributed by atoms with Crippen molar-refractivity contribution < 1.29 is 17.9 Å². The first-order chi connectivity index (χ1) is 9.41. The van der Waals surface area contributed by atoms with Crippen LogP contribution in [0.3, 0.4) is 0 Å². The molecule has 0 amide bonds. The maximum atomic E-state index is 12.7. The Morgan fingerprint density at radius 2 is 2.20 bits per heavy atom. The van der Waals surface area contributed by atoms with E-state index >= 15 is 0 Å². The Morgan fingerprint density at radius 3 is 2.85 bits per heavy atom. The van der Waals surface area contributed by atoms with Crippen molar-refractivity contribution in [3.63, 3.8) is 0 Å². The van der Waals surface area contributed by atoms with E-state index in [-0.39, 0.29) is 13.2 Å². The monoisotopic (exact) mass is 290 g/mol. The largest absolute Gasteiger partial charge is 0.416 e. The number of halogens is 3. The van der Waals surface area contributed by atoms with Crippen molar-refractivity contribution in [2.75, 3.05) is 43.1 Å². The molecule has 1 aliphatic heterocycles. The molecule has 112 valence electrons. The number of aromatic nitrogens is 2. The van der Waals surface area contributed by atoms with Crippen molar-refractivity contribution in [1.29, 1.82) is 0 Å². The fraction of sp³-hybridized carbons (Fsp3) is 0.667. The quantitative estimate of drug-likeness (QED) is 0.847. The number of hydrogen-bond acceptors (Lipinski definition) is 5. The van der Waals surface area contributed by atoms with Crippen molar-refractivity contribution in [2.45, 2.75) is 19.2 Å². The van der Waals surface area contributed by atoms with Crippen molar-refractivity contribution in [3.05, 3.63) is 12.4 Å². The highest BCUT2D eigenvalue weighted by Gasteiger charge is 2.43. The molecule has 0 radical (unpaired) electrons. The summed E-state index contributed by atoms with van der Waals surface area (Å²) in [6.45, 7) is 2.91. The summed E-state index contributed by atoms with van der Waals surface area (Å²) in [4.78, 5) is 11.6. The molecule has 1 aliphatic rings. The van der Waals surface area contributed by atoms with Gasteiger partial charge in [0.15, 0.2) is 6.10 Å². The summed E-state index contributed by atoms with van der Waals surface area (Å²) in [5.74, 6) is 1.18. The predicted molar refractivity (Wildman–Crippen MR) is 69.0 cm³/mol. The third kappa shape index (κ3) is 3.30. The lowest BCUT2D eigenvalue weighted by Gasteiger charge is -2.34. The highest BCUT2D eigenvalue weighted by Crippen LogP contribution is 2.28. The van der Waals surface area contributed by atoms with Gasteiger partial charge in [0.25, 0.3) is 0 Å². The number of ether oxygens (including phenoxy) is 1. The fourth-order valence-corrected chi connectivity index (χ4v) is 1.94. The van der Waals surface area contributed by atoms with E-state index in [0.717, 1.165) is 6.54 Å². The van der Waals surface area contributed by atoms with E-state index in [0.29, 0.717) is 18.2 Å². The lowest BCUT2D eigenvalue weighted by Crippen LogP contribution is -2.49. The van der Waals surface area contributed by atoms with Crippen LogP contribution >= 0.6 is 0 Å². The summed E-state index contributed by atoms with van der Waals surface area (Å²) >= 11 is 0. The Balaban J connectivity index is 2.15. The zero-order valence-corrected chi connectivity index (χ0v) is 11.4. The van der Waals surface area contributed by atoms with Crippen molar-refractivity contribution in [3.8, 4) is 0 Å². The van der Waals surface area contributed by atoms with Gasteiger partial charge < -0.3 is 14.5 Å². The Bertz CT molecular complexity index is 455. The molecular weight excluding hydrogens is 273 g/mol. The molecule has 0 bridgehead atoms. The molecule has 8 heteroatoms. The van der Waals surface area contributed by atoms with Crippen LogP contribution in [0.4, 0.5) is 24.8 Å². The van der Waals surface area contributed by atoms with Gasteiger partial charge in [-0.1, -0.05) is 0 Å². The Kier molecular flexibility index (Phi) is 4.32. The van der Waals surface area contributed by atoms with Gasteiger partial charge >= 0.3 is 6.18 Å². The van der Waals surface area contributed by atoms with E-state index in [4.69, 9.17) is 4.74 Å². The normalized spacial score (nSPS) is 20.1. The molecule has 0 spiro atoms. The molecule has 2 heterocycles. The molecule has 1 atom stereocenters. The average Bonchev–Trinajstić information content (AvgIpc) is 2.46. The molecule has 0 saturated carbocycles. The summed E-state index contributed by atoms with van der Waals surface area (Å²) < 4.78 is 42.9. The van der Waals surface area contributed by atoms with E-state index < -0.39 is 12.3 Å². The highest BCUT2D eigenvalue weighted by molar-refractivity contribution is 5.50. The second kappa shape index (κ2) is 5.82. The standard InChI is InChI=1S/C12H17F3N4O/c1-3-18(2)10-6-11(17-8-16-10)19-4-5-20-9(7-19)12(13,14)15/h6,8-9H,3-5,7H2,1-2H3/t9-/m0/s1. The summed E-state index contributed by atoms with van der Waals surface area (Å²) in [7, 11) is 1.87. The molecule has 0 aromatic carbocycles. The molecule has 0 aliphatic carbocycles. The third-order valence-electron chi connectivity index (χ3n) is 3.26. The molecule has 1 saturated heterocycles. The van der Waals surface area contributed by atoms with Crippen molar-refractivity contribution >= 4 is 11.6 Å². The minimum Gasteiger partial charge on any atom is -0.365 e. The van der Waals surface area contributed by atoms with Crippen LogP contribution in [-0.2, 0) is 4.74 Å². The van der Waals surface area contributed by atoms with Gasteiger partial charge in [0.05, 0.1) is 13.2 Å². The average molecular weight is 290 g/mol. The SMILES string of the molecule is CCN(C)c1cc(N2CCO[C@H](C(F)(F)F)C2)ncn1. The number of rotatable bonds is 3. The Labute approximate surface area is 115 Å². The van der Waals surface area contributed by atoms with Crippen LogP contribution in [0.25, 0.3) is 0 Å². The smallest absolute Gasteiger partial charge is 0.365 e. The molecule has 5 nitrogen and oxygen atoms in total. The zero-order chi connectivity index (χ0) is 14.8. The molecular formula is C12H17F3N4O. The summed E-state index contributed by atoms with van der Waals surface area (Å²) in [6.07, 6.45) is -4.75. The van der Waals surface area contributed by atoms with Gasteiger partial charge in [0.2, 0.25) is 0 Å². The van der Waals surface area contributed by atoms with Gasteiger partial charge in [0, 0.05) is 26.2 Å². The van der Waals surface area contributed by atoms with Crippen LogP contribution < -0.4 is 9.80 Å². The fourth-order valence-electron chi connectivity index (χ4n) is 1.94. The summed E-state index contributed by atoms with van der Waals surface area (Å²) in [5.41, 5.74) is 0. The van der Waals surface area contributed by atoms with Crippen LogP contribution in [0.5, 0.6) is 0 Å². The first-order valence-corrected chi connectivity index (χ1v) is 6.38. The van der Waals surface area contributed by atoms with E-state index in [1.54, 1.807) is 11.0 Å². The van der Waals surface area contributed by atoms with Crippen LogP contribution in [0.2, 0.25) is 0 Å². The Morgan fingerprint density at radius 1 is 1.45 bits per heavy atom. The number of anilines is 2. The third-order valence-corrected chi connectivity index (χ3v) is 3.26. The minimum absolute atomic E-state index is 0.0349. The minimum atomic E-state index is -4.35. The number of hydrogen-bond donors (Lipinski definition) is 0. The summed E-state index contributed by atoms with van der Waals surface area (Å²) in [6, 6.07) is 1.70. The number of morpholine rings is 1. The van der Waals surface area contributed by atoms with Crippen LogP contribution in [0.15, 0.2) is 12.4 Å². The highest BCUT2D eigenvalue weighted by atomic mass is 19.4. The molecule has 20 heavy (non-hydrogen) atoms. The molecule has 0 unspecified atom stereocenters. The number of alkyl halides is 3. The number of nitrogens with zero attached hydrogens (tertiary/aromatic N) is 4. The van der Waals surface area contributed by atoms with E-state index in [2.05, 4.69) is 9.97 Å². The van der Waals surface area contributed by atoms with E-state index in [1.807, 2.05) is 18.9 Å². The van der Waals surface area contributed by atoms with Gasteiger partial charge in [-0.05, 0) is 6.92 Å². The first kappa shape index (κ1) is 14.8. The Hall–Kier alpha value is -1.57. The molecule has 1 fully saturated rings. The lowest BCUT2D eigenvalue weighted by molar-refractivity contribution is -0.221. The topological polar surface area (TPSA) is 41.5 Å². The van der Waals surface area contributed by atoms with Crippen LogP contribution in [0, 0.1) is 0 Å². The second-order valence-corrected chi connectivity index (χ2v) is 4.60. The molecule has 0 N–H and O–H groups in total. The zero-order valence-electron chi connectivity index (χ0n) is 11.4. The maximum absolute atomic E-state index is 12.7. The van der Waals surface area contributed by atoms with Crippen LogP contribution in [-0.4, -0.2) is 55.5 Å². The lowest BCUT2D eigenvalue weighted by atomic mass is 10.2. The second-order valence-electron chi connectivity index (χ2n) is 4.60. The van der Waals surface area contributed by atoms with Gasteiger partial charge in [-0.25, -0.2) is 9.97 Å². The van der Waals surface area contributed by atoms with Crippen molar-refractivity contribution in [1.82, 2.24) is 9.97 Å². The molecule has 2 rings (SSSR count). The van der Waals surface area contributed by atoms with Crippen LogP contribution in [0.1, 0.15) is 6.92 Å². The predicted octanol–water partition coefficient (Wildman–Crippen LogP) is 1.70. The van der Waals surface area contributed by atoms with Gasteiger partial charge in [-0.3, -0.25) is 0 Å². The molecule has 1 aromatic rings. The van der Waals surface area contributed by atoms with Gasteiger partial charge in [0.1, 0.15) is 18.0 Å². The van der Waals surface area contributed by atoms with Gasteiger partial charge in [-0.15, -0.1) is 0 Å². The molecule has 1 aromatic heterocycles. The van der Waals surface area contributed by atoms with E-state index in [1.165, 1.54) is 6.33 Å². The van der Waals surface area contributed by atoms with Crippen molar-refractivity contribution in [2.24, 2.45) is 0 Å².